The van der Waals surface area contributed by atoms with Crippen molar-refractivity contribution in [3.63, 3.8) is 0 Å². The minimum atomic E-state index is 0.654. The molecule has 0 aliphatic carbocycles. The van der Waals surface area contributed by atoms with E-state index in [1.807, 2.05) is 0 Å². The van der Waals surface area contributed by atoms with Gasteiger partial charge in [-0.05, 0) is 23.5 Å². The van der Waals surface area contributed by atoms with Crippen LogP contribution in [0.15, 0.2) is 24.3 Å². The van der Waals surface area contributed by atoms with Crippen LogP contribution in [0.5, 0.6) is 0 Å². The van der Waals surface area contributed by atoms with Crippen LogP contribution in [0.25, 0.3) is 0 Å². The Kier molecular flexibility index (Phi) is 2.70. The fraction of sp³-hybridized carbons (Fsp3) is 0.455. The zero-order valence-corrected chi connectivity index (χ0v) is 7.59. The van der Waals surface area contributed by atoms with Gasteiger partial charge in [0.15, 0.2) is 0 Å². The standard InChI is InChI=1S/C11H16/c1-4-10-6-5-7-11(8-10)9(2)3/h5-9H,4H2,1-3H3. The van der Waals surface area contributed by atoms with E-state index in [1.54, 1.807) is 0 Å². The summed E-state index contributed by atoms with van der Waals surface area (Å²) in [5.41, 5.74) is 2.89. The van der Waals surface area contributed by atoms with Gasteiger partial charge in [-0.15, -0.1) is 0 Å². The number of hydrogen-bond donors (Lipinski definition) is 0. The SMILES string of the molecule is CCc1cccc(C(C)C)c1. The van der Waals surface area contributed by atoms with Crippen molar-refractivity contribution in [1.82, 2.24) is 0 Å². The fourth-order valence-corrected chi connectivity index (χ4v) is 1.17. The summed E-state index contributed by atoms with van der Waals surface area (Å²) in [4.78, 5) is 0. The van der Waals surface area contributed by atoms with E-state index in [2.05, 4.69) is 45.0 Å². The van der Waals surface area contributed by atoms with E-state index < -0.39 is 0 Å². The molecule has 0 saturated carbocycles. The van der Waals surface area contributed by atoms with E-state index in [0.29, 0.717) is 5.92 Å². The molecular formula is C11H16. The number of rotatable bonds is 2. The lowest BCUT2D eigenvalue weighted by Crippen LogP contribution is -1.88. The fourth-order valence-electron chi connectivity index (χ4n) is 1.17. The molecule has 1 aromatic carbocycles. The van der Waals surface area contributed by atoms with Gasteiger partial charge in [-0.25, -0.2) is 0 Å². The van der Waals surface area contributed by atoms with Gasteiger partial charge in [0.2, 0.25) is 0 Å². The van der Waals surface area contributed by atoms with Crippen LogP contribution >= 0.6 is 0 Å². The Hall–Kier alpha value is -0.780. The van der Waals surface area contributed by atoms with E-state index in [9.17, 15) is 0 Å². The van der Waals surface area contributed by atoms with Crippen LogP contribution in [0.1, 0.15) is 37.8 Å². The molecule has 0 unspecified atom stereocenters. The molecule has 0 nitrogen and oxygen atoms in total. The molecule has 0 fully saturated rings. The van der Waals surface area contributed by atoms with Crippen molar-refractivity contribution in [2.45, 2.75) is 33.1 Å². The Bertz CT molecular complexity index is 223. The van der Waals surface area contributed by atoms with Crippen molar-refractivity contribution in [2.75, 3.05) is 0 Å². The first kappa shape index (κ1) is 8.32. The third-order valence-electron chi connectivity index (χ3n) is 2.03. The van der Waals surface area contributed by atoms with Crippen LogP contribution in [-0.2, 0) is 6.42 Å². The highest BCUT2D eigenvalue weighted by Gasteiger charge is 1.97. The van der Waals surface area contributed by atoms with Crippen molar-refractivity contribution in [2.24, 2.45) is 0 Å². The topological polar surface area (TPSA) is 0 Å². The van der Waals surface area contributed by atoms with Crippen LogP contribution in [0.3, 0.4) is 0 Å². The lowest BCUT2D eigenvalue weighted by molar-refractivity contribution is 0.862. The lowest BCUT2D eigenvalue weighted by atomic mass is 10.0. The normalized spacial score (nSPS) is 10.5. The molecule has 0 amide bonds. The summed E-state index contributed by atoms with van der Waals surface area (Å²) < 4.78 is 0. The molecule has 1 rings (SSSR count). The van der Waals surface area contributed by atoms with Crippen molar-refractivity contribution in [3.8, 4) is 0 Å². The summed E-state index contributed by atoms with van der Waals surface area (Å²) in [5, 5.41) is 0. The molecule has 11 heavy (non-hydrogen) atoms. The van der Waals surface area contributed by atoms with Gasteiger partial charge >= 0.3 is 0 Å². The Labute approximate surface area is 69.3 Å². The zero-order chi connectivity index (χ0) is 8.27. The molecular weight excluding hydrogens is 132 g/mol. The van der Waals surface area contributed by atoms with Gasteiger partial charge in [-0.3, -0.25) is 0 Å². The molecule has 0 bridgehead atoms. The van der Waals surface area contributed by atoms with Crippen LogP contribution in [0.4, 0.5) is 0 Å². The number of hydrogen-bond acceptors (Lipinski definition) is 0. The third kappa shape index (κ3) is 2.07. The molecule has 0 aromatic heterocycles. The second-order valence-corrected chi connectivity index (χ2v) is 3.25. The molecule has 0 aliphatic heterocycles. The van der Waals surface area contributed by atoms with E-state index in [1.165, 1.54) is 11.1 Å². The Balaban J connectivity index is 2.91. The number of aryl methyl sites for hydroxylation is 1. The molecule has 1 aromatic rings. The Morgan fingerprint density at radius 3 is 2.55 bits per heavy atom. The average molecular weight is 148 g/mol. The van der Waals surface area contributed by atoms with Crippen LogP contribution in [-0.4, -0.2) is 0 Å². The summed E-state index contributed by atoms with van der Waals surface area (Å²) in [5.74, 6) is 0.654. The predicted molar refractivity (Wildman–Crippen MR) is 49.9 cm³/mol. The summed E-state index contributed by atoms with van der Waals surface area (Å²) in [6.45, 7) is 6.66. The molecule has 0 heteroatoms. The summed E-state index contributed by atoms with van der Waals surface area (Å²) >= 11 is 0. The van der Waals surface area contributed by atoms with Crippen LogP contribution in [0.2, 0.25) is 0 Å². The van der Waals surface area contributed by atoms with E-state index >= 15 is 0 Å². The maximum Gasteiger partial charge on any atom is -0.0219 e. The van der Waals surface area contributed by atoms with E-state index in [4.69, 9.17) is 0 Å². The summed E-state index contributed by atoms with van der Waals surface area (Å²) in [6.07, 6.45) is 1.14. The van der Waals surface area contributed by atoms with Gasteiger partial charge in [0.1, 0.15) is 0 Å². The third-order valence-corrected chi connectivity index (χ3v) is 2.03. The zero-order valence-electron chi connectivity index (χ0n) is 7.59. The molecule has 0 atom stereocenters. The number of benzene rings is 1. The van der Waals surface area contributed by atoms with Gasteiger partial charge in [-0.1, -0.05) is 45.0 Å². The molecule has 60 valence electrons. The Morgan fingerprint density at radius 1 is 1.27 bits per heavy atom. The minimum Gasteiger partial charge on any atom is -0.0617 e. The van der Waals surface area contributed by atoms with Crippen molar-refractivity contribution in [3.05, 3.63) is 35.4 Å². The first-order chi connectivity index (χ1) is 5.24. The first-order valence-electron chi connectivity index (χ1n) is 4.33. The van der Waals surface area contributed by atoms with Crippen molar-refractivity contribution in [1.29, 1.82) is 0 Å². The second-order valence-electron chi connectivity index (χ2n) is 3.25. The molecule has 0 aliphatic rings. The highest BCUT2D eigenvalue weighted by atomic mass is 14.0. The largest absolute Gasteiger partial charge is 0.0617 e. The molecule has 0 N–H and O–H groups in total. The van der Waals surface area contributed by atoms with E-state index in [0.717, 1.165) is 6.42 Å². The van der Waals surface area contributed by atoms with Crippen LogP contribution < -0.4 is 0 Å². The van der Waals surface area contributed by atoms with Gasteiger partial charge in [0, 0.05) is 0 Å². The van der Waals surface area contributed by atoms with Crippen molar-refractivity contribution >= 4 is 0 Å². The van der Waals surface area contributed by atoms with Gasteiger partial charge in [-0.2, -0.15) is 0 Å². The maximum atomic E-state index is 2.30. The molecule has 0 radical (unpaired) electrons. The molecule has 0 heterocycles. The lowest BCUT2D eigenvalue weighted by Gasteiger charge is -2.05. The maximum absolute atomic E-state index is 2.30. The minimum absolute atomic E-state index is 0.654. The highest BCUT2D eigenvalue weighted by molar-refractivity contribution is 5.25. The summed E-state index contributed by atoms with van der Waals surface area (Å²) in [7, 11) is 0. The van der Waals surface area contributed by atoms with Gasteiger partial charge < -0.3 is 0 Å². The Morgan fingerprint density at radius 2 is 2.00 bits per heavy atom. The molecule has 0 saturated heterocycles. The van der Waals surface area contributed by atoms with E-state index in [-0.39, 0.29) is 0 Å². The predicted octanol–water partition coefficient (Wildman–Crippen LogP) is 3.37. The van der Waals surface area contributed by atoms with Crippen LogP contribution in [0, 0.1) is 0 Å². The second kappa shape index (κ2) is 3.56. The average Bonchev–Trinajstić information content (AvgIpc) is 2.05. The van der Waals surface area contributed by atoms with Gasteiger partial charge in [0.05, 0.1) is 0 Å². The van der Waals surface area contributed by atoms with Gasteiger partial charge in [0.25, 0.3) is 0 Å². The highest BCUT2D eigenvalue weighted by Crippen LogP contribution is 2.15. The quantitative estimate of drug-likeness (QED) is 0.603. The van der Waals surface area contributed by atoms with Crippen molar-refractivity contribution < 1.29 is 0 Å². The molecule has 0 spiro atoms. The first-order valence-corrected chi connectivity index (χ1v) is 4.33. The monoisotopic (exact) mass is 148 g/mol. The summed E-state index contributed by atoms with van der Waals surface area (Å²) in [6, 6.07) is 8.83. The smallest absolute Gasteiger partial charge is 0.0219 e.